The minimum Gasteiger partial charge on any atom is -0.504 e. The van der Waals surface area contributed by atoms with Crippen LogP contribution in [0.1, 0.15) is 0 Å². The molecule has 1 N–H and O–H groups in total. The monoisotopic (exact) mass is 191 g/mol. The molecule has 1 heterocycles. The third-order valence-corrected chi connectivity index (χ3v) is 1.41. The number of halogens is 2. The molecule has 9 heavy (non-hydrogen) atoms. The Kier molecular flexibility index (Phi) is 1.66. The van der Waals surface area contributed by atoms with E-state index in [4.69, 9.17) is 5.11 Å². The first-order chi connectivity index (χ1) is 4.22. The van der Waals surface area contributed by atoms with Crippen molar-refractivity contribution in [3.8, 4) is 5.75 Å². The molecule has 0 aromatic carbocycles. The van der Waals surface area contributed by atoms with Crippen LogP contribution in [-0.2, 0) is 0 Å². The van der Waals surface area contributed by atoms with E-state index in [1.165, 1.54) is 6.20 Å². The molecule has 1 rings (SSSR count). The van der Waals surface area contributed by atoms with E-state index in [2.05, 4.69) is 20.9 Å². The fourth-order valence-electron chi connectivity index (χ4n) is 0.405. The minimum absolute atomic E-state index is 0.266. The van der Waals surface area contributed by atoms with Gasteiger partial charge in [0.25, 0.3) is 0 Å². The molecule has 0 bridgehead atoms. The molecule has 0 aliphatic carbocycles. The number of pyridine rings is 1. The Morgan fingerprint density at radius 3 is 2.67 bits per heavy atom. The molecule has 4 heteroatoms. The lowest BCUT2D eigenvalue weighted by molar-refractivity contribution is 0.427. The average molecular weight is 192 g/mol. The predicted molar refractivity (Wildman–Crippen MR) is 33.6 cm³/mol. The molecule has 0 fully saturated rings. The standard InChI is InChI=1S/C5H3BrFNO/c6-3-1-8-2-4(7)5(3)9/h1-2H,(H,8,9). The van der Waals surface area contributed by atoms with Gasteiger partial charge in [0, 0.05) is 6.20 Å². The highest BCUT2D eigenvalue weighted by Gasteiger charge is 2.02. The maximum atomic E-state index is 12.2. The van der Waals surface area contributed by atoms with Gasteiger partial charge in [-0.05, 0) is 15.9 Å². The van der Waals surface area contributed by atoms with E-state index in [0.717, 1.165) is 6.20 Å². The van der Waals surface area contributed by atoms with Crippen molar-refractivity contribution >= 4 is 15.9 Å². The number of aromatic nitrogens is 1. The molecular formula is C5H3BrFNO. The Labute approximate surface area is 59.5 Å². The van der Waals surface area contributed by atoms with Crippen molar-refractivity contribution in [2.24, 2.45) is 0 Å². The molecule has 0 radical (unpaired) electrons. The summed E-state index contributed by atoms with van der Waals surface area (Å²) in [4.78, 5) is 3.46. The Morgan fingerprint density at radius 2 is 2.22 bits per heavy atom. The molecule has 2 nitrogen and oxygen atoms in total. The van der Waals surface area contributed by atoms with Gasteiger partial charge >= 0.3 is 0 Å². The lowest BCUT2D eigenvalue weighted by atomic mass is 10.4. The Bertz CT molecular complexity index is 208. The summed E-state index contributed by atoms with van der Waals surface area (Å²) in [7, 11) is 0. The lowest BCUT2D eigenvalue weighted by Crippen LogP contribution is -1.78. The van der Waals surface area contributed by atoms with Crippen LogP contribution >= 0.6 is 15.9 Å². The van der Waals surface area contributed by atoms with Gasteiger partial charge in [-0.2, -0.15) is 0 Å². The molecule has 0 spiro atoms. The van der Waals surface area contributed by atoms with Gasteiger partial charge < -0.3 is 5.11 Å². The van der Waals surface area contributed by atoms with Crippen LogP contribution in [-0.4, -0.2) is 10.1 Å². The topological polar surface area (TPSA) is 33.1 Å². The largest absolute Gasteiger partial charge is 0.504 e. The van der Waals surface area contributed by atoms with E-state index < -0.39 is 11.6 Å². The van der Waals surface area contributed by atoms with Crippen LogP contribution in [0.25, 0.3) is 0 Å². The predicted octanol–water partition coefficient (Wildman–Crippen LogP) is 1.69. The lowest BCUT2D eigenvalue weighted by Gasteiger charge is -1.93. The smallest absolute Gasteiger partial charge is 0.184 e. The van der Waals surface area contributed by atoms with Gasteiger partial charge in [0.2, 0.25) is 0 Å². The number of aromatic hydroxyl groups is 1. The highest BCUT2D eigenvalue weighted by atomic mass is 79.9. The second-order valence-electron chi connectivity index (χ2n) is 1.45. The van der Waals surface area contributed by atoms with Crippen LogP contribution in [0.3, 0.4) is 0 Å². The van der Waals surface area contributed by atoms with Gasteiger partial charge in [0.15, 0.2) is 11.6 Å². The summed E-state index contributed by atoms with van der Waals surface area (Å²) < 4.78 is 12.5. The summed E-state index contributed by atoms with van der Waals surface area (Å²) >= 11 is 2.89. The van der Waals surface area contributed by atoms with Crippen LogP contribution in [0, 0.1) is 5.82 Å². The van der Waals surface area contributed by atoms with E-state index in [9.17, 15) is 4.39 Å². The summed E-state index contributed by atoms with van der Waals surface area (Å²) in [6, 6.07) is 0. The molecule has 1 aromatic rings. The normalized spacial score (nSPS) is 9.56. The summed E-state index contributed by atoms with van der Waals surface area (Å²) in [6.45, 7) is 0. The molecule has 0 amide bonds. The highest BCUT2D eigenvalue weighted by molar-refractivity contribution is 9.10. The van der Waals surface area contributed by atoms with Crippen LogP contribution in [0.2, 0.25) is 0 Å². The second kappa shape index (κ2) is 2.31. The van der Waals surface area contributed by atoms with Gasteiger partial charge in [-0.15, -0.1) is 0 Å². The molecule has 0 unspecified atom stereocenters. The van der Waals surface area contributed by atoms with Crippen LogP contribution in [0.5, 0.6) is 5.75 Å². The third-order valence-electron chi connectivity index (χ3n) is 0.828. The molecule has 0 aliphatic rings. The number of hydrogen-bond acceptors (Lipinski definition) is 2. The van der Waals surface area contributed by atoms with Crippen molar-refractivity contribution in [3.05, 3.63) is 22.7 Å². The summed E-state index contributed by atoms with van der Waals surface area (Å²) in [6.07, 6.45) is 2.26. The molecule has 1 aromatic heterocycles. The van der Waals surface area contributed by atoms with Gasteiger partial charge in [0.05, 0.1) is 10.7 Å². The van der Waals surface area contributed by atoms with Crippen LogP contribution in [0.15, 0.2) is 16.9 Å². The highest BCUT2D eigenvalue weighted by Crippen LogP contribution is 2.23. The van der Waals surface area contributed by atoms with Crippen molar-refractivity contribution in [1.29, 1.82) is 0 Å². The van der Waals surface area contributed by atoms with E-state index >= 15 is 0 Å². The average Bonchev–Trinajstić information content (AvgIpc) is 1.83. The number of nitrogens with zero attached hydrogens (tertiary/aromatic N) is 1. The second-order valence-corrected chi connectivity index (χ2v) is 2.31. The number of rotatable bonds is 0. The van der Waals surface area contributed by atoms with E-state index in [1.807, 2.05) is 0 Å². The fraction of sp³-hybridized carbons (Fsp3) is 0. The molecule has 0 saturated heterocycles. The molecule has 0 saturated carbocycles. The van der Waals surface area contributed by atoms with E-state index in [1.54, 1.807) is 0 Å². The van der Waals surface area contributed by atoms with Crippen LogP contribution in [0.4, 0.5) is 4.39 Å². The Hall–Kier alpha value is -0.640. The zero-order valence-electron chi connectivity index (χ0n) is 4.31. The number of hydrogen-bond donors (Lipinski definition) is 1. The minimum atomic E-state index is -0.718. The fourth-order valence-corrected chi connectivity index (χ4v) is 0.712. The van der Waals surface area contributed by atoms with Gasteiger partial charge in [-0.1, -0.05) is 0 Å². The zero-order valence-corrected chi connectivity index (χ0v) is 5.89. The maximum Gasteiger partial charge on any atom is 0.184 e. The SMILES string of the molecule is Oc1c(F)cncc1Br. The quantitative estimate of drug-likeness (QED) is 0.678. The first-order valence-electron chi connectivity index (χ1n) is 2.20. The third kappa shape index (κ3) is 1.18. The van der Waals surface area contributed by atoms with Crippen molar-refractivity contribution in [3.63, 3.8) is 0 Å². The van der Waals surface area contributed by atoms with E-state index in [-0.39, 0.29) is 4.47 Å². The first-order valence-corrected chi connectivity index (χ1v) is 2.99. The summed E-state index contributed by atoms with van der Waals surface area (Å²) in [5.41, 5.74) is 0. The Morgan fingerprint density at radius 1 is 1.56 bits per heavy atom. The van der Waals surface area contributed by atoms with Crippen LogP contribution < -0.4 is 0 Å². The molecule has 0 atom stereocenters. The van der Waals surface area contributed by atoms with Crippen molar-refractivity contribution in [1.82, 2.24) is 4.98 Å². The summed E-state index contributed by atoms with van der Waals surface area (Å²) in [5.74, 6) is -1.12. The van der Waals surface area contributed by atoms with Gasteiger partial charge in [-0.25, -0.2) is 4.39 Å². The van der Waals surface area contributed by atoms with E-state index in [0.29, 0.717) is 0 Å². The molecule has 0 aliphatic heterocycles. The van der Waals surface area contributed by atoms with Crippen molar-refractivity contribution < 1.29 is 9.50 Å². The van der Waals surface area contributed by atoms with Gasteiger partial charge in [0.1, 0.15) is 0 Å². The Balaban J connectivity index is 3.25. The van der Waals surface area contributed by atoms with Crippen molar-refractivity contribution in [2.75, 3.05) is 0 Å². The molecule has 48 valence electrons. The van der Waals surface area contributed by atoms with Gasteiger partial charge in [-0.3, -0.25) is 4.98 Å². The molecular weight excluding hydrogens is 189 g/mol. The zero-order chi connectivity index (χ0) is 6.85. The summed E-state index contributed by atoms with van der Waals surface area (Å²) in [5, 5.41) is 8.74. The van der Waals surface area contributed by atoms with Crippen molar-refractivity contribution in [2.45, 2.75) is 0 Å². The maximum absolute atomic E-state index is 12.2. The first kappa shape index (κ1) is 6.48.